The zero-order valence-electron chi connectivity index (χ0n) is 24.5. The summed E-state index contributed by atoms with van der Waals surface area (Å²) in [5.74, 6) is 0.267. The fourth-order valence-corrected chi connectivity index (χ4v) is 6.74. The van der Waals surface area contributed by atoms with Gasteiger partial charge < -0.3 is 30.9 Å². The average Bonchev–Trinajstić information content (AvgIpc) is 3.53. The third-order valence-corrected chi connectivity index (χ3v) is 9.25. The van der Waals surface area contributed by atoms with Crippen molar-refractivity contribution in [2.24, 2.45) is 5.73 Å². The molecule has 3 fully saturated rings. The molecule has 3 aliphatic rings. The lowest BCUT2D eigenvalue weighted by atomic mass is 10.0. The van der Waals surface area contributed by atoms with Crippen molar-refractivity contribution in [2.75, 3.05) is 75.1 Å². The van der Waals surface area contributed by atoms with Gasteiger partial charge in [0.25, 0.3) is 5.91 Å². The van der Waals surface area contributed by atoms with Gasteiger partial charge in [-0.1, -0.05) is 0 Å². The first-order valence-electron chi connectivity index (χ1n) is 15.0. The predicted molar refractivity (Wildman–Crippen MR) is 168 cm³/mol. The summed E-state index contributed by atoms with van der Waals surface area (Å²) in [4.78, 5) is 29.7. The Balaban J connectivity index is 1.20. The molecule has 5 heterocycles. The molecule has 3 saturated heterocycles. The normalized spacial score (nSPS) is 19.6. The van der Waals surface area contributed by atoms with Gasteiger partial charge in [-0.15, -0.1) is 0 Å². The molecule has 0 unspecified atom stereocenters. The number of rotatable bonds is 8. The Kier molecular flexibility index (Phi) is 8.84. The molecular weight excluding hydrogens is 550 g/mol. The van der Waals surface area contributed by atoms with Crippen LogP contribution in [0.4, 0.5) is 23.0 Å². The third kappa shape index (κ3) is 6.51. The number of nitrogens with one attached hydrogen (secondary N) is 2. The van der Waals surface area contributed by atoms with Crippen molar-refractivity contribution in [1.29, 1.82) is 0 Å². The van der Waals surface area contributed by atoms with Crippen molar-refractivity contribution in [2.45, 2.75) is 44.7 Å². The number of amides is 1. The average molecular weight is 592 g/mol. The Morgan fingerprint density at radius 2 is 1.76 bits per heavy atom. The summed E-state index contributed by atoms with van der Waals surface area (Å²) in [7, 11) is 2.21. The summed E-state index contributed by atoms with van der Waals surface area (Å²) >= 11 is 1.33. The molecule has 2 aromatic heterocycles. The predicted octanol–water partition coefficient (Wildman–Crippen LogP) is 3.56. The quantitative estimate of drug-likeness (QED) is 0.358. The van der Waals surface area contributed by atoms with E-state index in [9.17, 15) is 4.79 Å². The number of primary amides is 1. The van der Waals surface area contributed by atoms with Crippen LogP contribution < -0.4 is 21.3 Å². The van der Waals surface area contributed by atoms with Crippen LogP contribution in [0.25, 0.3) is 11.4 Å². The van der Waals surface area contributed by atoms with Gasteiger partial charge in [-0.2, -0.15) is 4.37 Å². The first-order chi connectivity index (χ1) is 20.4. The number of hydrogen-bond donors (Lipinski definition) is 3. The van der Waals surface area contributed by atoms with Gasteiger partial charge in [0.05, 0.1) is 0 Å². The van der Waals surface area contributed by atoms with Crippen molar-refractivity contribution in [3.05, 3.63) is 40.9 Å². The molecule has 3 aliphatic heterocycles. The van der Waals surface area contributed by atoms with Gasteiger partial charge >= 0.3 is 0 Å². The number of hydrogen-bond acceptors (Lipinski definition) is 11. The topological polar surface area (TPSA) is 125 Å². The zero-order valence-corrected chi connectivity index (χ0v) is 25.3. The van der Waals surface area contributed by atoms with Crippen LogP contribution in [-0.2, 0) is 4.74 Å². The molecule has 12 heteroatoms. The molecule has 4 N–H and O–H groups in total. The van der Waals surface area contributed by atoms with Crippen LogP contribution in [0.15, 0.2) is 29.6 Å². The standard InChI is InChI=1S/C30H41N9O2S/c1-20-19-22(3-4-25(20)39-10-5-23(6-11-39)38-14-12-37(2)13-15-38)33-30-27(28(31)40)34-26(24-9-18-42-36-24)29(35-30)32-21-7-16-41-17-8-21/h3-4,9,18-19,21,23H,5-8,10-17H2,1-2H3,(H2,31,40)(H2,32,33,35). The van der Waals surface area contributed by atoms with Gasteiger partial charge in [-0.05, 0) is 81.0 Å². The molecule has 0 bridgehead atoms. The van der Waals surface area contributed by atoms with E-state index in [0.717, 1.165) is 44.7 Å². The number of piperidine rings is 1. The molecular formula is C30H41N9O2S. The van der Waals surface area contributed by atoms with Crippen LogP contribution in [0, 0.1) is 6.92 Å². The van der Waals surface area contributed by atoms with E-state index in [1.165, 1.54) is 48.7 Å². The first-order valence-corrected chi connectivity index (χ1v) is 15.8. The second kappa shape index (κ2) is 12.9. The molecule has 6 rings (SSSR count). The molecule has 224 valence electrons. The van der Waals surface area contributed by atoms with E-state index in [1.807, 2.05) is 17.5 Å². The Hall–Kier alpha value is -3.32. The van der Waals surface area contributed by atoms with E-state index in [-0.39, 0.29) is 11.7 Å². The minimum Gasteiger partial charge on any atom is -0.381 e. The van der Waals surface area contributed by atoms with Gasteiger partial charge in [-0.25, -0.2) is 9.97 Å². The molecule has 0 atom stereocenters. The van der Waals surface area contributed by atoms with Crippen molar-refractivity contribution in [3.8, 4) is 11.4 Å². The molecule has 0 saturated carbocycles. The number of aromatic nitrogens is 3. The summed E-state index contributed by atoms with van der Waals surface area (Å²) in [5, 5.41) is 8.75. The highest BCUT2D eigenvalue weighted by Gasteiger charge is 2.28. The van der Waals surface area contributed by atoms with Crippen LogP contribution >= 0.6 is 11.5 Å². The van der Waals surface area contributed by atoms with E-state index in [0.29, 0.717) is 42.3 Å². The number of piperazine rings is 1. The molecule has 0 aliphatic carbocycles. The van der Waals surface area contributed by atoms with Gasteiger partial charge in [0, 0.05) is 81.3 Å². The second-order valence-electron chi connectivity index (χ2n) is 11.6. The summed E-state index contributed by atoms with van der Waals surface area (Å²) < 4.78 is 9.97. The number of ether oxygens (including phenoxy) is 1. The van der Waals surface area contributed by atoms with Crippen molar-refractivity contribution >= 4 is 40.5 Å². The number of carbonyl (C=O) groups excluding carboxylic acids is 1. The zero-order chi connectivity index (χ0) is 29.1. The molecule has 3 aromatic rings. The monoisotopic (exact) mass is 591 g/mol. The Labute approximate surface area is 251 Å². The van der Waals surface area contributed by atoms with Gasteiger partial charge in [0.2, 0.25) is 0 Å². The lowest BCUT2D eigenvalue weighted by Crippen LogP contribution is -2.52. The van der Waals surface area contributed by atoms with E-state index in [1.54, 1.807) is 0 Å². The molecule has 1 amide bonds. The van der Waals surface area contributed by atoms with E-state index in [2.05, 4.69) is 60.8 Å². The maximum Gasteiger partial charge on any atom is 0.271 e. The fraction of sp³-hybridized carbons (Fsp3) is 0.533. The maximum absolute atomic E-state index is 12.5. The summed E-state index contributed by atoms with van der Waals surface area (Å²) in [5.41, 5.74) is 10.3. The Morgan fingerprint density at radius 3 is 2.43 bits per heavy atom. The van der Waals surface area contributed by atoms with Crippen LogP contribution in [0.3, 0.4) is 0 Å². The van der Waals surface area contributed by atoms with E-state index < -0.39 is 5.91 Å². The largest absolute Gasteiger partial charge is 0.381 e. The van der Waals surface area contributed by atoms with Crippen LogP contribution in [0.1, 0.15) is 41.7 Å². The second-order valence-corrected chi connectivity index (χ2v) is 12.2. The van der Waals surface area contributed by atoms with Crippen molar-refractivity contribution in [1.82, 2.24) is 24.1 Å². The van der Waals surface area contributed by atoms with Crippen molar-refractivity contribution in [3.63, 3.8) is 0 Å². The summed E-state index contributed by atoms with van der Waals surface area (Å²) in [6, 6.07) is 9.06. The smallest absolute Gasteiger partial charge is 0.271 e. The molecule has 0 radical (unpaired) electrons. The van der Waals surface area contributed by atoms with E-state index in [4.69, 9.17) is 15.5 Å². The number of aryl methyl sites for hydroxylation is 1. The van der Waals surface area contributed by atoms with E-state index >= 15 is 0 Å². The number of nitrogens with zero attached hydrogens (tertiary/aromatic N) is 6. The minimum absolute atomic E-state index is 0.0863. The van der Waals surface area contributed by atoms with Crippen LogP contribution in [0.5, 0.6) is 0 Å². The summed E-state index contributed by atoms with van der Waals surface area (Å²) in [6.07, 6.45) is 4.11. The lowest BCUT2D eigenvalue weighted by molar-refractivity contribution is 0.0904. The highest BCUT2D eigenvalue weighted by molar-refractivity contribution is 7.03. The Bertz CT molecular complexity index is 1360. The van der Waals surface area contributed by atoms with Gasteiger partial charge in [-0.3, -0.25) is 9.69 Å². The SMILES string of the molecule is Cc1cc(Nc2nc(NC3CCOCC3)c(-c3ccsn3)nc2C(N)=O)ccc1N1CCC(N2CCN(C)CC2)CC1. The Morgan fingerprint density at radius 1 is 1.00 bits per heavy atom. The molecule has 0 spiro atoms. The van der Waals surface area contributed by atoms with Crippen molar-refractivity contribution < 1.29 is 9.53 Å². The number of likely N-dealkylation sites (N-methyl/N-ethyl adjacent to an activating group) is 1. The lowest BCUT2D eigenvalue weighted by Gasteiger charge is -2.43. The van der Waals surface area contributed by atoms with Gasteiger partial charge in [0.1, 0.15) is 11.4 Å². The molecule has 11 nitrogen and oxygen atoms in total. The fourth-order valence-electron chi connectivity index (χ4n) is 6.23. The summed E-state index contributed by atoms with van der Waals surface area (Å²) in [6.45, 7) is 10.3. The molecule has 1 aromatic carbocycles. The van der Waals surface area contributed by atoms with Gasteiger partial charge in [0.15, 0.2) is 17.3 Å². The van der Waals surface area contributed by atoms with Crippen LogP contribution in [0.2, 0.25) is 0 Å². The number of benzene rings is 1. The maximum atomic E-state index is 12.5. The first kappa shape index (κ1) is 28.8. The molecule has 42 heavy (non-hydrogen) atoms. The minimum atomic E-state index is -0.643. The highest BCUT2D eigenvalue weighted by atomic mass is 32.1. The van der Waals surface area contributed by atoms with Crippen LogP contribution in [-0.4, -0.2) is 102 Å². The third-order valence-electron chi connectivity index (χ3n) is 8.69. The number of nitrogens with two attached hydrogens (primary N) is 1. The number of carbonyl (C=O) groups is 1. The highest BCUT2D eigenvalue weighted by Crippen LogP contribution is 2.32. The number of anilines is 4.